The zero-order valence-electron chi connectivity index (χ0n) is 11.9. The molecule has 4 nitrogen and oxygen atoms in total. The van der Waals surface area contributed by atoms with Crippen LogP contribution in [0.2, 0.25) is 0 Å². The van der Waals surface area contributed by atoms with Crippen molar-refractivity contribution in [2.75, 3.05) is 37.6 Å². The molecule has 4 heteroatoms. The lowest BCUT2D eigenvalue weighted by molar-refractivity contribution is 0.258. The lowest BCUT2D eigenvalue weighted by Gasteiger charge is -2.37. The van der Waals surface area contributed by atoms with Gasteiger partial charge in [0.25, 0.3) is 0 Å². The van der Waals surface area contributed by atoms with Crippen molar-refractivity contribution >= 4 is 11.5 Å². The number of aryl methyl sites for hydroxylation is 1. The van der Waals surface area contributed by atoms with Gasteiger partial charge in [-0.1, -0.05) is 19.1 Å². The summed E-state index contributed by atoms with van der Waals surface area (Å²) in [4.78, 5) is 4.88. The molecule has 19 heavy (non-hydrogen) atoms. The average molecular weight is 260 g/mol. The van der Waals surface area contributed by atoms with Gasteiger partial charge >= 0.3 is 0 Å². The van der Waals surface area contributed by atoms with E-state index in [-0.39, 0.29) is 5.84 Å². The molecule has 0 saturated carbocycles. The second kappa shape index (κ2) is 6.06. The number of nitrogens with one attached hydrogen (secondary N) is 1. The fourth-order valence-corrected chi connectivity index (χ4v) is 2.81. The summed E-state index contributed by atoms with van der Waals surface area (Å²) >= 11 is 0. The predicted molar refractivity (Wildman–Crippen MR) is 81.1 cm³/mol. The summed E-state index contributed by atoms with van der Waals surface area (Å²) in [6.45, 7) is 9.73. The summed E-state index contributed by atoms with van der Waals surface area (Å²) in [5.74, 6) is 0.162. The highest BCUT2D eigenvalue weighted by molar-refractivity contribution is 6.01. The largest absolute Gasteiger partial charge is 0.384 e. The summed E-state index contributed by atoms with van der Waals surface area (Å²) in [5, 5.41) is 7.74. The molecule has 0 radical (unpaired) electrons. The Kier molecular flexibility index (Phi) is 4.43. The first-order valence-corrected chi connectivity index (χ1v) is 7.04. The van der Waals surface area contributed by atoms with E-state index in [0.29, 0.717) is 0 Å². The topological polar surface area (TPSA) is 56.4 Å². The Morgan fingerprint density at radius 2 is 1.95 bits per heavy atom. The Labute approximate surface area is 115 Å². The van der Waals surface area contributed by atoms with E-state index < -0.39 is 0 Å². The Bertz CT molecular complexity index is 447. The molecule has 104 valence electrons. The molecule has 0 amide bonds. The van der Waals surface area contributed by atoms with Gasteiger partial charge in [0.15, 0.2) is 0 Å². The zero-order valence-corrected chi connectivity index (χ0v) is 11.9. The molecule has 2 rings (SSSR count). The van der Waals surface area contributed by atoms with Crippen LogP contribution in [0.5, 0.6) is 0 Å². The summed E-state index contributed by atoms with van der Waals surface area (Å²) in [5.41, 5.74) is 8.93. The molecule has 0 aromatic heterocycles. The van der Waals surface area contributed by atoms with E-state index in [1.54, 1.807) is 0 Å². The van der Waals surface area contributed by atoms with Crippen LogP contribution in [0.1, 0.15) is 24.5 Å². The van der Waals surface area contributed by atoms with Crippen LogP contribution >= 0.6 is 0 Å². The molecule has 1 aromatic rings. The van der Waals surface area contributed by atoms with Crippen LogP contribution in [0.4, 0.5) is 5.69 Å². The third kappa shape index (κ3) is 3.07. The van der Waals surface area contributed by atoms with Gasteiger partial charge in [-0.25, -0.2) is 0 Å². The van der Waals surface area contributed by atoms with Crippen molar-refractivity contribution in [1.82, 2.24) is 4.90 Å². The van der Waals surface area contributed by atoms with Crippen LogP contribution in [0.15, 0.2) is 18.2 Å². The summed E-state index contributed by atoms with van der Waals surface area (Å²) < 4.78 is 0. The van der Waals surface area contributed by atoms with Crippen molar-refractivity contribution < 1.29 is 0 Å². The molecule has 1 aliphatic rings. The number of rotatable bonds is 4. The molecule has 1 aromatic carbocycles. The normalized spacial score (nSPS) is 16.6. The molecule has 0 atom stereocenters. The highest BCUT2D eigenvalue weighted by Crippen LogP contribution is 2.26. The maximum absolute atomic E-state index is 7.74. The van der Waals surface area contributed by atoms with Gasteiger partial charge in [0.1, 0.15) is 5.84 Å². The molecule has 1 aliphatic heterocycles. The molecule has 1 saturated heterocycles. The number of nitrogens with two attached hydrogens (primary N) is 1. The average Bonchev–Trinajstić information content (AvgIpc) is 2.40. The number of hydrogen-bond acceptors (Lipinski definition) is 3. The van der Waals surface area contributed by atoms with Gasteiger partial charge in [-0.3, -0.25) is 10.3 Å². The summed E-state index contributed by atoms with van der Waals surface area (Å²) in [6.07, 6.45) is 1.21. The van der Waals surface area contributed by atoms with E-state index in [2.05, 4.69) is 29.7 Å². The van der Waals surface area contributed by atoms with Crippen LogP contribution in [0.3, 0.4) is 0 Å². The number of nitrogen functional groups attached to an aromatic ring is 1. The quantitative estimate of drug-likeness (QED) is 0.641. The van der Waals surface area contributed by atoms with Crippen molar-refractivity contribution in [3.63, 3.8) is 0 Å². The lowest BCUT2D eigenvalue weighted by atomic mass is 10.0. The number of nitrogens with zero attached hydrogens (tertiary/aromatic N) is 2. The summed E-state index contributed by atoms with van der Waals surface area (Å²) in [6, 6.07) is 6.02. The van der Waals surface area contributed by atoms with Crippen LogP contribution in [-0.2, 0) is 0 Å². The van der Waals surface area contributed by atoms with E-state index in [1.807, 2.05) is 12.1 Å². The molecule has 0 bridgehead atoms. The number of para-hydroxylation sites is 1. The van der Waals surface area contributed by atoms with Crippen LogP contribution in [0, 0.1) is 12.3 Å². The first kappa shape index (κ1) is 13.9. The molecule has 3 N–H and O–H groups in total. The highest BCUT2D eigenvalue weighted by atomic mass is 15.3. The summed E-state index contributed by atoms with van der Waals surface area (Å²) in [7, 11) is 0. The first-order chi connectivity index (χ1) is 9.13. The lowest BCUT2D eigenvalue weighted by Crippen LogP contribution is -2.47. The minimum absolute atomic E-state index is 0.162. The Hall–Kier alpha value is -1.55. The third-order valence-corrected chi connectivity index (χ3v) is 3.76. The number of amidine groups is 1. The van der Waals surface area contributed by atoms with E-state index in [4.69, 9.17) is 11.1 Å². The Morgan fingerprint density at radius 3 is 2.53 bits per heavy atom. The molecule has 1 heterocycles. The predicted octanol–water partition coefficient (Wildman–Crippen LogP) is 1.81. The minimum Gasteiger partial charge on any atom is -0.384 e. The minimum atomic E-state index is 0.162. The van der Waals surface area contributed by atoms with Crippen molar-refractivity contribution in [2.45, 2.75) is 20.3 Å². The molecular formula is C15H24N4. The van der Waals surface area contributed by atoms with Crippen LogP contribution in [0.25, 0.3) is 0 Å². The molecule has 0 unspecified atom stereocenters. The van der Waals surface area contributed by atoms with Crippen molar-refractivity contribution in [3.8, 4) is 0 Å². The van der Waals surface area contributed by atoms with Crippen LogP contribution < -0.4 is 10.6 Å². The standard InChI is InChI=1S/C15H24N4/c1-3-7-18-8-10-19(11-9-18)14-12(2)5-4-6-13(14)15(16)17/h4-6H,3,7-11H2,1-2H3,(H3,16,17). The first-order valence-electron chi connectivity index (χ1n) is 7.04. The molecule has 0 spiro atoms. The number of hydrogen-bond donors (Lipinski definition) is 2. The van der Waals surface area contributed by atoms with Gasteiger partial charge in [0, 0.05) is 31.7 Å². The van der Waals surface area contributed by atoms with Crippen molar-refractivity contribution in [2.24, 2.45) is 5.73 Å². The monoisotopic (exact) mass is 260 g/mol. The van der Waals surface area contributed by atoms with Gasteiger partial charge in [0.05, 0.1) is 5.69 Å². The van der Waals surface area contributed by atoms with Crippen molar-refractivity contribution in [3.05, 3.63) is 29.3 Å². The van der Waals surface area contributed by atoms with Gasteiger partial charge in [-0.05, 0) is 31.5 Å². The molecular weight excluding hydrogens is 236 g/mol. The van der Waals surface area contributed by atoms with E-state index >= 15 is 0 Å². The molecule has 1 fully saturated rings. The van der Waals surface area contributed by atoms with Gasteiger partial charge < -0.3 is 10.6 Å². The SMILES string of the molecule is CCCN1CCN(c2c(C)cccc2C(=N)N)CC1. The Balaban J connectivity index is 2.17. The van der Waals surface area contributed by atoms with E-state index in [9.17, 15) is 0 Å². The maximum atomic E-state index is 7.74. The fourth-order valence-electron chi connectivity index (χ4n) is 2.81. The number of benzene rings is 1. The van der Waals surface area contributed by atoms with Gasteiger partial charge in [-0.2, -0.15) is 0 Å². The third-order valence-electron chi connectivity index (χ3n) is 3.76. The number of piperazine rings is 1. The smallest absolute Gasteiger partial charge is 0.124 e. The van der Waals surface area contributed by atoms with Gasteiger partial charge in [-0.15, -0.1) is 0 Å². The van der Waals surface area contributed by atoms with Gasteiger partial charge in [0.2, 0.25) is 0 Å². The Morgan fingerprint density at radius 1 is 1.26 bits per heavy atom. The van der Waals surface area contributed by atoms with Crippen molar-refractivity contribution in [1.29, 1.82) is 5.41 Å². The second-order valence-corrected chi connectivity index (χ2v) is 5.21. The van der Waals surface area contributed by atoms with E-state index in [0.717, 1.165) is 37.4 Å². The number of anilines is 1. The highest BCUT2D eigenvalue weighted by Gasteiger charge is 2.20. The van der Waals surface area contributed by atoms with E-state index in [1.165, 1.54) is 18.5 Å². The zero-order chi connectivity index (χ0) is 13.8. The second-order valence-electron chi connectivity index (χ2n) is 5.21. The van der Waals surface area contributed by atoms with Crippen LogP contribution in [-0.4, -0.2) is 43.5 Å². The fraction of sp³-hybridized carbons (Fsp3) is 0.533. The molecule has 0 aliphatic carbocycles. The maximum Gasteiger partial charge on any atom is 0.124 e.